The molecule has 0 N–H and O–H groups in total. The summed E-state index contributed by atoms with van der Waals surface area (Å²) in [6.45, 7) is 2.03. The fourth-order valence-corrected chi connectivity index (χ4v) is 0.827. The minimum atomic E-state index is 1.04. The summed E-state index contributed by atoms with van der Waals surface area (Å²) in [4.78, 5) is 2.61. The minimum Gasteiger partial charge on any atom is -0.0686 e. The molecule has 0 aliphatic rings. The molecule has 0 unspecified atom stereocenters. The van der Waals surface area contributed by atoms with E-state index in [-0.39, 0.29) is 0 Å². The summed E-state index contributed by atoms with van der Waals surface area (Å²) < 4.78 is 0. The van der Waals surface area contributed by atoms with E-state index in [1.54, 1.807) is 6.08 Å². The van der Waals surface area contributed by atoms with Crippen molar-refractivity contribution < 1.29 is 0 Å². The standard InChI is InChI=1S/C9H9N3/c1-8-2-4-9(5-3-8)6-7-11-12-10/h2-7H,1H3. The van der Waals surface area contributed by atoms with Gasteiger partial charge in [-0.3, -0.25) is 0 Å². The van der Waals surface area contributed by atoms with Gasteiger partial charge >= 0.3 is 0 Å². The number of hydrogen-bond donors (Lipinski definition) is 0. The van der Waals surface area contributed by atoms with Crippen molar-refractivity contribution in [2.24, 2.45) is 5.11 Å². The summed E-state index contributed by atoms with van der Waals surface area (Å²) in [5.41, 5.74) is 10.2. The van der Waals surface area contributed by atoms with Crippen LogP contribution in [0.25, 0.3) is 16.5 Å². The van der Waals surface area contributed by atoms with Gasteiger partial charge in [-0.25, -0.2) is 0 Å². The van der Waals surface area contributed by atoms with Gasteiger partial charge in [-0.1, -0.05) is 41.0 Å². The SMILES string of the molecule is Cc1ccc(C=CN=[N+]=[N-])cc1. The molecule has 0 fully saturated rings. The average Bonchev–Trinajstić information content (AvgIpc) is 2.09. The molecule has 0 radical (unpaired) electrons. The van der Waals surface area contributed by atoms with Crippen LogP contribution in [0.15, 0.2) is 35.6 Å². The summed E-state index contributed by atoms with van der Waals surface area (Å²) >= 11 is 0. The molecule has 1 rings (SSSR count). The molecule has 0 bridgehead atoms. The summed E-state index contributed by atoms with van der Waals surface area (Å²) in [6.07, 6.45) is 3.20. The van der Waals surface area contributed by atoms with Crippen LogP contribution < -0.4 is 0 Å². The van der Waals surface area contributed by atoms with Crippen molar-refractivity contribution >= 4 is 6.08 Å². The smallest absolute Gasteiger partial charge is 0.00475 e. The van der Waals surface area contributed by atoms with Gasteiger partial charge in [0.25, 0.3) is 0 Å². The van der Waals surface area contributed by atoms with Crippen LogP contribution in [-0.4, -0.2) is 0 Å². The van der Waals surface area contributed by atoms with Gasteiger partial charge < -0.3 is 0 Å². The quantitative estimate of drug-likeness (QED) is 0.361. The summed E-state index contributed by atoms with van der Waals surface area (Å²) in [5.74, 6) is 0. The zero-order valence-electron chi connectivity index (χ0n) is 6.81. The third kappa shape index (κ3) is 2.48. The number of benzene rings is 1. The molecule has 0 aliphatic carbocycles. The highest BCUT2D eigenvalue weighted by molar-refractivity contribution is 5.49. The number of nitrogens with zero attached hydrogens (tertiary/aromatic N) is 3. The Balaban J connectivity index is 2.77. The second-order valence-corrected chi connectivity index (χ2v) is 2.43. The second-order valence-electron chi connectivity index (χ2n) is 2.43. The van der Waals surface area contributed by atoms with Crippen LogP contribution in [0.3, 0.4) is 0 Å². The van der Waals surface area contributed by atoms with E-state index in [9.17, 15) is 0 Å². The maximum Gasteiger partial charge on any atom is 0.00475 e. The number of azide groups is 1. The molecule has 0 atom stereocenters. The van der Waals surface area contributed by atoms with E-state index in [1.165, 1.54) is 11.8 Å². The van der Waals surface area contributed by atoms with Crippen molar-refractivity contribution in [2.45, 2.75) is 6.92 Å². The first-order valence-electron chi connectivity index (χ1n) is 3.60. The van der Waals surface area contributed by atoms with Crippen LogP contribution in [0.1, 0.15) is 11.1 Å². The molecule has 0 saturated heterocycles. The fraction of sp³-hybridized carbons (Fsp3) is 0.111. The molecule has 3 nitrogen and oxygen atoms in total. The molecule has 0 aromatic heterocycles. The lowest BCUT2D eigenvalue weighted by molar-refractivity contribution is 1.45. The maximum atomic E-state index is 8.00. The van der Waals surface area contributed by atoms with Crippen molar-refractivity contribution in [1.29, 1.82) is 0 Å². The maximum absolute atomic E-state index is 8.00. The predicted molar refractivity (Wildman–Crippen MR) is 49.4 cm³/mol. The van der Waals surface area contributed by atoms with Crippen LogP contribution >= 0.6 is 0 Å². The van der Waals surface area contributed by atoms with Crippen molar-refractivity contribution in [1.82, 2.24) is 0 Å². The first-order chi connectivity index (χ1) is 5.83. The molecule has 1 aromatic rings. The molecule has 0 saturated carbocycles. The van der Waals surface area contributed by atoms with Crippen molar-refractivity contribution in [2.75, 3.05) is 0 Å². The normalized spacial score (nSPS) is 9.75. The highest BCUT2D eigenvalue weighted by Crippen LogP contribution is 2.04. The summed E-state index contributed by atoms with van der Waals surface area (Å²) in [7, 11) is 0. The van der Waals surface area contributed by atoms with E-state index in [2.05, 4.69) is 10.0 Å². The number of rotatable bonds is 2. The van der Waals surface area contributed by atoms with Gasteiger partial charge in [0.05, 0.1) is 0 Å². The molecule has 1 aromatic carbocycles. The zero-order chi connectivity index (χ0) is 8.81. The molecule has 12 heavy (non-hydrogen) atoms. The predicted octanol–water partition coefficient (Wildman–Crippen LogP) is 3.28. The minimum absolute atomic E-state index is 1.04. The van der Waals surface area contributed by atoms with Crippen LogP contribution in [0, 0.1) is 6.92 Å². The molecular formula is C9H9N3. The third-order valence-electron chi connectivity index (χ3n) is 1.46. The van der Waals surface area contributed by atoms with E-state index in [0.29, 0.717) is 0 Å². The van der Waals surface area contributed by atoms with E-state index in [4.69, 9.17) is 5.53 Å². The molecule has 0 amide bonds. The Morgan fingerprint density at radius 1 is 1.33 bits per heavy atom. The molecule has 0 spiro atoms. The highest BCUT2D eigenvalue weighted by Gasteiger charge is 1.84. The second kappa shape index (κ2) is 4.21. The Bertz CT molecular complexity index is 318. The van der Waals surface area contributed by atoms with Crippen molar-refractivity contribution in [3.8, 4) is 0 Å². The summed E-state index contributed by atoms with van der Waals surface area (Å²) in [6, 6.07) is 7.96. The number of hydrogen-bond acceptors (Lipinski definition) is 1. The van der Waals surface area contributed by atoms with Gasteiger partial charge in [-0.2, -0.15) is 0 Å². The van der Waals surface area contributed by atoms with Crippen molar-refractivity contribution in [3.05, 3.63) is 52.0 Å². The van der Waals surface area contributed by atoms with Crippen LogP contribution in [0.2, 0.25) is 0 Å². The zero-order valence-corrected chi connectivity index (χ0v) is 6.81. The van der Waals surface area contributed by atoms with E-state index >= 15 is 0 Å². The Morgan fingerprint density at radius 3 is 2.58 bits per heavy atom. The van der Waals surface area contributed by atoms with Gasteiger partial charge in [0.1, 0.15) is 0 Å². The van der Waals surface area contributed by atoms with Gasteiger partial charge in [0.15, 0.2) is 0 Å². The third-order valence-corrected chi connectivity index (χ3v) is 1.46. The Hall–Kier alpha value is -1.73. The molecule has 0 aliphatic heterocycles. The lowest BCUT2D eigenvalue weighted by Gasteiger charge is -1.92. The number of aryl methyl sites for hydroxylation is 1. The van der Waals surface area contributed by atoms with Crippen LogP contribution in [0.5, 0.6) is 0 Å². The molecule has 60 valence electrons. The first-order valence-corrected chi connectivity index (χ1v) is 3.60. The van der Waals surface area contributed by atoms with Crippen LogP contribution in [0.4, 0.5) is 0 Å². The topological polar surface area (TPSA) is 48.8 Å². The Morgan fingerprint density at radius 2 is 2.00 bits per heavy atom. The molecular weight excluding hydrogens is 150 g/mol. The largest absolute Gasteiger partial charge is 0.0686 e. The van der Waals surface area contributed by atoms with Crippen molar-refractivity contribution in [3.63, 3.8) is 0 Å². The van der Waals surface area contributed by atoms with Crippen LogP contribution in [-0.2, 0) is 0 Å². The lowest BCUT2D eigenvalue weighted by Crippen LogP contribution is -1.72. The van der Waals surface area contributed by atoms with Gasteiger partial charge in [-0.15, -0.1) is 0 Å². The highest BCUT2D eigenvalue weighted by atomic mass is 15.1. The molecule has 0 heterocycles. The van der Waals surface area contributed by atoms with E-state index < -0.39 is 0 Å². The lowest BCUT2D eigenvalue weighted by atomic mass is 10.1. The van der Waals surface area contributed by atoms with E-state index in [1.807, 2.05) is 31.2 Å². The molecule has 3 heteroatoms. The van der Waals surface area contributed by atoms with Gasteiger partial charge in [-0.05, 0) is 18.0 Å². The van der Waals surface area contributed by atoms with Gasteiger partial charge in [0.2, 0.25) is 0 Å². The Labute approximate surface area is 71.0 Å². The first kappa shape index (κ1) is 8.37. The average molecular weight is 159 g/mol. The van der Waals surface area contributed by atoms with E-state index in [0.717, 1.165) is 5.56 Å². The monoisotopic (exact) mass is 159 g/mol. The summed E-state index contributed by atoms with van der Waals surface area (Å²) in [5, 5.41) is 3.29. The fourth-order valence-electron chi connectivity index (χ4n) is 0.827. The Kier molecular flexibility index (Phi) is 2.94. The van der Waals surface area contributed by atoms with Gasteiger partial charge in [0, 0.05) is 11.1 Å².